The molecule has 6 aliphatic rings. The molecule has 0 amide bonds. The van der Waals surface area contributed by atoms with Crippen LogP contribution in [0, 0.1) is 51.2 Å². The van der Waals surface area contributed by atoms with Gasteiger partial charge >= 0.3 is 5.97 Å². The van der Waals surface area contributed by atoms with Gasteiger partial charge in [-0.15, -0.1) is 0 Å². The van der Waals surface area contributed by atoms with Crippen LogP contribution in [0.5, 0.6) is 0 Å². The van der Waals surface area contributed by atoms with Crippen LogP contribution >= 0.6 is 0 Å². The van der Waals surface area contributed by atoms with Gasteiger partial charge in [0.2, 0.25) is 0 Å². The Morgan fingerprint density at radius 2 is 1.67 bits per heavy atom. The molecule has 264 valence electrons. The number of fused-ring (bicyclic) bond motifs is 7. The third kappa shape index (κ3) is 5.22. The Balaban J connectivity index is 1.14. The van der Waals surface area contributed by atoms with Crippen LogP contribution in [0.1, 0.15) is 122 Å². The van der Waals surface area contributed by atoms with E-state index in [9.17, 15) is 9.90 Å². The molecular weight excluding hydrogens is 592 g/mol. The number of rotatable bonds is 8. The second-order valence-electron chi connectivity index (χ2n) is 18.5. The Kier molecular flexibility index (Phi) is 8.89. The Hall–Kier alpha value is -1.95. The summed E-state index contributed by atoms with van der Waals surface area (Å²) in [5, 5.41) is 13.8. The molecule has 5 heteroatoms. The minimum atomic E-state index is -0.853. The minimum Gasteiger partial charge on any atom is -0.478 e. The largest absolute Gasteiger partial charge is 0.478 e. The highest BCUT2D eigenvalue weighted by Crippen LogP contribution is 2.76. The first-order chi connectivity index (χ1) is 22.8. The van der Waals surface area contributed by atoms with Gasteiger partial charge in [0.1, 0.15) is 0 Å². The third-order valence-electron chi connectivity index (χ3n) is 16.3. The first kappa shape index (κ1) is 34.5. The Bertz CT molecular complexity index is 1430. The van der Waals surface area contributed by atoms with Crippen molar-refractivity contribution >= 4 is 11.5 Å². The quantitative estimate of drug-likeness (QED) is 0.216. The summed E-state index contributed by atoms with van der Waals surface area (Å²) in [6, 6.07) is 7.66. The van der Waals surface area contributed by atoms with Crippen LogP contribution in [0.15, 0.2) is 42.5 Å². The van der Waals surface area contributed by atoms with Crippen LogP contribution in [0.3, 0.4) is 0 Å². The van der Waals surface area contributed by atoms with Gasteiger partial charge in [0.15, 0.2) is 0 Å². The summed E-state index contributed by atoms with van der Waals surface area (Å²) in [6.45, 7) is 26.3. The summed E-state index contributed by atoms with van der Waals surface area (Å²) < 4.78 is 5.59. The van der Waals surface area contributed by atoms with Gasteiger partial charge < -0.3 is 15.2 Å². The third-order valence-corrected chi connectivity index (χ3v) is 16.3. The lowest BCUT2D eigenvalue weighted by Gasteiger charge is -2.72. The second kappa shape index (κ2) is 12.4. The van der Waals surface area contributed by atoms with Crippen molar-refractivity contribution in [1.82, 2.24) is 10.2 Å². The van der Waals surface area contributed by atoms with Crippen molar-refractivity contribution in [2.45, 2.75) is 111 Å². The summed E-state index contributed by atoms with van der Waals surface area (Å²) >= 11 is 0. The Labute approximate surface area is 291 Å². The molecule has 0 radical (unpaired) electrons. The van der Waals surface area contributed by atoms with Gasteiger partial charge in [-0.1, -0.05) is 65.0 Å². The fourth-order valence-corrected chi connectivity index (χ4v) is 13.8. The lowest BCUT2D eigenvalue weighted by Crippen LogP contribution is -2.68. The predicted octanol–water partition coefficient (Wildman–Crippen LogP) is 9.10. The normalized spacial score (nSPS) is 42.1. The van der Waals surface area contributed by atoms with Gasteiger partial charge in [-0.2, -0.15) is 0 Å². The fraction of sp³-hybridized carbons (Fsp3) is 0.744. The van der Waals surface area contributed by atoms with Crippen molar-refractivity contribution in [1.29, 1.82) is 0 Å². The van der Waals surface area contributed by atoms with E-state index in [0.29, 0.717) is 34.1 Å². The maximum atomic E-state index is 11.6. The maximum absolute atomic E-state index is 11.6. The number of nitrogens with zero attached hydrogens (tertiary/aromatic N) is 1. The minimum absolute atomic E-state index is 0.0418. The van der Waals surface area contributed by atoms with Gasteiger partial charge in [-0.25, -0.2) is 4.79 Å². The zero-order valence-corrected chi connectivity index (χ0v) is 31.0. The van der Waals surface area contributed by atoms with Crippen molar-refractivity contribution < 1.29 is 14.6 Å². The molecule has 0 unspecified atom stereocenters. The molecule has 1 aliphatic heterocycles. The number of carboxylic acid groups (broad SMARTS) is 1. The summed E-state index contributed by atoms with van der Waals surface area (Å²) in [4.78, 5) is 14.1. The number of hydrogen-bond acceptors (Lipinski definition) is 4. The topological polar surface area (TPSA) is 61.8 Å². The Morgan fingerprint density at radius 1 is 0.938 bits per heavy atom. The molecule has 1 saturated heterocycles. The highest BCUT2D eigenvalue weighted by Gasteiger charge is 2.70. The molecule has 5 nitrogen and oxygen atoms in total. The molecule has 5 aliphatic carbocycles. The van der Waals surface area contributed by atoms with Crippen LogP contribution in [0.2, 0.25) is 0 Å². The lowest BCUT2D eigenvalue weighted by atomic mass is 9.33. The predicted molar refractivity (Wildman–Crippen MR) is 196 cm³/mol. The Morgan fingerprint density at radius 3 is 2.35 bits per heavy atom. The van der Waals surface area contributed by atoms with E-state index in [1.165, 1.54) is 81.0 Å². The van der Waals surface area contributed by atoms with Gasteiger partial charge in [-0.3, -0.25) is 4.90 Å². The van der Waals surface area contributed by atoms with E-state index in [1.54, 1.807) is 12.1 Å². The number of aromatic carboxylic acids is 1. The molecule has 9 atom stereocenters. The highest BCUT2D eigenvalue weighted by atomic mass is 16.5. The first-order valence-electron chi connectivity index (χ1n) is 19.5. The smallest absolute Gasteiger partial charge is 0.335 e. The molecule has 0 bridgehead atoms. The molecule has 2 N–H and O–H groups in total. The fourth-order valence-electron chi connectivity index (χ4n) is 13.8. The van der Waals surface area contributed by atoms with E-state index in [1.807, 2.05) is 12.1 Å². The highest BCUT2D eigenvalue weighted by molar-refractivity contribution is 5.88. The van der Waals surface area contributed by atoms with Crippen LogP contribution in [-0.2, 0) is 4.74 Å². The van der Waals surface area contributed by atoms with Crippen molar-refractivity contribution in [2.24, 2.45) is 51.2 Å². The van der Waals surface area contributed by atoms with E-state index < -0.39 is 5.97 Å². The molecule has 4 saturated carbocycles. The standard InChI is InChI=1S/C43H64N2O3/c1-29(2)32-15-20-43(44-23-8-24-45-25-27-48-28-26-45)22-21-41(6)34(37(32)43)13-14-36-40(5)18-16-33(30-9-11-31(12-10-30)38(46)47)39(3,4)35(40)17-19-42(36,41)7/h9-12,16,32,34-37,44H,1,8,13-15,17-28H2,2-7H3,(H,46,47)/t32-,34+,35-,36+,37+,40-,41+,42+,43-/m0/s1. The number of allylic oxidation sites excluding steroid dienone is 3. The van der Waals surface area contributed by atoms with Gasteiger partial charge in [-0.05, 0) is 159 Å². The molecular formula is C43H64N2O3. The van der Waals surface area contributed by atoms with E-state index in [2.05, 4.69) is 64.4 Å². The number of hydrogen-bond donors (Lipinski definition) is 2. The van der Waals surface area contributed by atoms with Crippen LogP contribution in [0.25, 0.3) is 5.57 Å². The average Bonchev–Trinajstić information content (AvgIpc) is 3.44. The molecule has 7 rings (SSSR count). The van der Waals surface area contributed by atoms with Gasteiger partial charge in [0.05, 0.1) is 18.8 Å². The summed E-state index contributed by atoms with van der Waals surface area (Å²) in [6.07, 6.45) is 15.5. The monoisotopic (exact) mass is 656 g/mol. The number of morpholine rings is 1. The van der Waals surface area contributed by atoms with Crippen molar-refractivity contribution in [3.63, 3.8) is 0 Å². The summed E-state index contributed by atoms with van der Waals surface area (Å²) in [5.74, 6) is 2.57. The molecule has 48 heavy (non-hydrogen) atoms. The summed E-state index contributed by atoms with van der Waals surface area (Å²) in [7, 11) is 0. The zero-order chi connectivity index (χ0) is 34.1. The van der Waals surface area contributed by atoms with Gasteiger partial charge in [0.25, 0.3) is 0 Å². The van der Waals surface area contributed by atoms with E-state index in [4.69, 9.17) is 4.74 Å². The first-order valence-corrected chi connectivity index (χ1v) is 19.5. The van der Waals surface area contributed by atoms with E-state index in [0.717, 1.165) is 51.1 Å². The second-order valence-corrected chi connectivity index (χ2v) is 18.5. The van der Waals surface area contributed by atoms with Crippen molar-refractivity contribution in [3.8, 4) is 0 Å². The number of nitrogens with one attached hydrogen (secondary N) is 1. The zero-order valence-electron chi connectivity index (χ0n) is 31.0. The van der Waals surface area contributed by atoms with Gasteiger partial charge in [0, 0.05) is 18.6 Å². The molecule has 1 aromatic rings. The molecule has 5 fully saturated rings. The maximum Gasteiger partial charge on any atom is 0.335 e. The SMILES string of the molecule is C=C(C)[C@@H]1CC[C@]2(NCCCN3CCOCC3)CC[C@]3(C)[C@H](CC[C@@H]4[C@@]5(C)CC=C(c6ccc(C(=O)O)cc6)C(C)(C)[C@@H]5CC[C@]43C)[C@@H]12. The van der Waals surface area contributed by atoms with Crippen LogP contribution < -0.4 is 5.32 Å². The van der Waals surface area contributed by atoms with Crippen molar-refractivity contribution in [3.05, 3.63) is 53.6 Å². The number of carbonyl (C=O) groups is 1. The summed E-state index contributed by atoms with van der Waals surface area (Å²) in [5.41, 5.74) is 5.66. The molecule has 0 aromatic heterocycles. The van der Waals surface area contributed by atoms with Crippen LogP contribution in [0.4, 0.5) is 0 Å². The lowest BCUT2D eigenvalue weighted by molar-refractivity contribution is -0.219. The van der Waals surface area contributed by atoms with Crippen molar-refractivity contribution in [2.75, 3.05) is 39.4 Å². The van der Waals surface area contributed by atoms with E-state index in [-0.39, 0.29) is 16.4 Å². The number of ether oxygens (including phenoxy) is 1. The molecule has 0 spiro atoms. The average molecular weight is 657 g/mol. The number of benzene rings is 1. The van der Waals surface area contributed by atoms with Crippen LogP contribution in [-0.4, -0.2) is 60.9 Å². The van der Waals surface area contributed by atoms with E-state index >= 15 is 0 Å². The number of carboxylic acids is 1. The molecule has 1 aromatic carbocycles. The molecule has 1 heterocycles.